The molecule has 2 nitrogen and oxygen atoms in total. The van der Waals surface area contributed by atoms with Gasteiger partial charge in [-0.1, -0.05) is 19.3 Å². The zero-order valence-corrected chi connectivity index (χ0v) is 8.76. The summed E-state index contributed by atoms with van der Waals surface area (Å²) in [5.74, 6) is 0.955. The lowest BCUT2D eigenvalue weighted by Gasteiger charge is -2.42. The van der Waals surface area contributed by atoms with Gasteiger partial charge in [-0.05, 0) is 38.8 Å². The average Bonchev–Trinajstić information content (AvgIpc) is 1.97. The molecule has 2 N–H and O–H groups in total. The second-order valence-electron chi connectivity index (χ2n) is 5.20. The minimum Gasteiger partial charge on any atom is -0.324 e. The minimum atomic E-state index is 0.151. The van der Waals surface area contributed by atoms with E-state index in [1.54, 1.807) is 0 Å². The van der Waals surface area contributed by atoms with E-state index in [-0.39, 0.29) is 5.54 Å². The van der Waals surface area contributed by atoms with Gasteiger partial charge in [0.05, 0.1) is 0 Å². The Morgan fingerprint density at radius 2 is 2.15 bits per heavy atom. The van der Waals surface area contributed by atoms with E-state index < -0.39 is 0 Å². The smallest absolute Gasteiger partial charge is 0.0286 e. The third-order valence-electron chi connectivity index (χ3n) is 3.72. The first-order valence-electron chi connectivity index (χ1n) is 5.65. The Bertz CT molecular complexity index is 177. The Morgan fingerprint density at radius 3 is 2.69 bits per heavy atom. The molecule has 1 saturated carbocycles. The van der Waals surface area contributed by atoms with Gasteiger partial charge >= 0.3 is 0 Å². The van der Waals surface area contributed by atoms with Gasteiger partial charge in [-0.15, -0.1) is 0 Å². The molecule has 0 bridgehead atoms. The van der Waals surface area contributed by atoms with E-state index in [1.807, 2.05) is 0 Å². The number of piperidine rings is 1. The molecule has 2 heteroatoms. The lowest BCUT2D eigenvalue weighted by molar-refractivity contribution is 0.130. The van der Waals surface area contributed by atoms with Crippen molar-refractivity contribution in [1.29, 1.82) is 0 Å². The fourth-order valence-corrected chi connectivity index (χ4v) is 2.84. The molecule has 2 aliphatic rings. The predicted molar refractivity (Wildman–Crippen MR) is 55.6 cm³/mol. The highest BCUT2D eigenvalue weighted by Gasteiger charge is 2.34. The van der Waals surface area contributed by atoms with Crippen molar-refractivity contribution in [2.75, 3.05) is 20.1 Å². The van der Waals surface area contributed by atoms with Crippen LogP contribution in [0.1, 0.15) is 38.5 Å². The van der Waals surface area contributed by atoms with E-state index in [9.17, 15) is 0 Å². The summed E-state index contributed by atoms with van der Waals surface area (Å²) in [5, 5.41) is 0. The van der Waals surface area contributed by atoms with Crippen molar-refractivity contribution in [3.63, 3.8) is 0 Å². The maximum atomic E-state index is 6.42. The summed E-state index contributed by atoms with van der Waals surface area (Å²) in [7, 11) is 2.20. The number of hydrogen-bond acceptors (Lipinski definition) is 2. The number of nitrogens with two attached hydrogens (primary N) is 1. The van der Waals surface area contributed by atoms with Crippen molar-refractivity contribution < 1.29 is 0 Å². The van der Waals surface area contributed by atoms with E-state index in [0.29, 0.717) is 0 Å². The topological polar surface area (TPSA) is 29.3 Å². The molecule has 1 unspecified atom stereocenters. The standard InChI is InChI=1S/C11H22N2/c1-13-7-3-6-11(12,9-13)8-10-4-2-5-10/h10H,2-9,12H2,1H3. The first-order chi connectivity index (χ1) is 6.18. The van der Waals surface area contributed by atoms with Crippen LogP contribution in [-0.4, -0.2) is 30.6 Å². The van der Waals surface area contributed by atoms with E-state index in [4.69, 9.17) is 5.73 Å². The monoisotopic (exact) mass is 182 g/mol. The van der Waals surface area contributed by atoms with Crippen LogP contribution in [0.3, 0.4) is 0 Å². The summed E-state index contributed by atoms with van der Waals surface area (Å²) in [6, 6.07) is 0. The molecule has 0 aromatic rings. The Morgan fingerprint density at radius 1 is 1.38 bits per heavy atom. The molecule has 0 spiro atoms. The number of hydrogen-bond donors (Lipinski definition) is 1. The van der Waals surface area contributed by atoms with Crippen LogP contribution >= 0.6 is 0 Å². The lowest BCUT2D eigenvalue weighted by Crippen LogP contribution is -2.54. The van der Waals surface area contributed by atoms with Gasteiger partial charge in [0.1, 0.15) is 0 Å². The molecular formula is C11H22N2. The van der Waals surface area contributed by atoms with Gasteiger partial charge in [0.2, 0.25) is 0 Å². The zero-order chi connectivity index (χ0) is 9.31. The molecule has 1 aliphatic carbocycles. The van der Waals surface area contributed by atoms with Gasteiger partial charge in [-0.25, -0.2) is 0 Å². The molecule has 0 aromatic heterocycles. The molecule has 2 rings (SSSR count). The summed E-state index contributed by atoms with van der Waals surface area (Å²) in [6.07, 6.45) is 8.12. The predicted octanol–water partition coefficient (Wildman–Crippen LogP) is 1.60. The zero-order valence-electron chi connectivity index (χ0n) is 8.76. The quantitative estimate of drug-likeness (QED) is 0.703. The van der Waals surface area contributed by atoms with Crippen LogP contribution < -0.4 is 5.73 Å². The summed E-state index contributed by atoms with van der Waals surface area (Å²) in [4.78, 5) is 2.39. The highest BCUT2D eigenvalue weighted by atomic mass is 15.1. The van der Waals surface area contributed by atoms with E-state index >= 15 is 0 Å². The Hall–Kier alpha value is -0.0800. The van der Waals surface area contributed by atoms with Gasteiger partial charge in [-0.2, -0.15) is 0 Å². The highest BCUT2D eigenvalue weighted by molar-refractivity contribution is 4.93. The third-order valence-corrected chi connectivity index (χ3v) is 3.72. The average molecular weight is 182 g/mol. The molecule has 1 aliphatic heterocycles. The van der Waals surface area contributed by atoms with Crippen molar-refractivity contribution in [2.24, 2.45) is 11.7 Å². The van der Waals surface area contributed by atoms with Crippen LogP contribution in [0.15, 0.2) is 0 Å². The number of likely N-dealkylation sites (tertiary alicyclic amines) is 1. The normalized spacial score (nSPS) is 37.4. The summed E-state index contributed by atoms with van der Waals surface area (Å²) >= 11 is 0. The van der Waals surface area contributed by atoms with Crippen LogP contribution in [0, 0.1) is 5.92 Å². The molecule has 0 aromatic carbocycles. The van der Waals surface area contributed by atoms with Crippen molar-refractivity contribution in [3.05, 3.63) is 0 Å². The van der Waals surface area contributed by atoms with Gasteiger partial charge in [0, 0.05) is 12.1 Å². The van der Waals surface area contributed by atoms with Gasteiger partial charge in [0.25, 0.3) is 0 Å². The third kappa shape index (κ3) is 2.23. The molecular weight excluding hydrogens is 160 g/mol. The molecule has 0 amide bonds. The van der Waals surface area contributed by atoms with Gasteiger partial charge in [0.15, 0.2) is 0 Å². The summed E-state index contributed by atoms with van der Waals surface area (Å²) in [5.41, 5.74) is 6.57. The second-order valence-corrected chi connectivity index (χ2v) is 5.20. The Labute approximate surface area is 81.5 Å². The Kier molecular flexibility index (Phi) is 2.61. The molecule has 0 radical (unpaired) electrons. The SMILES string of the molecule is CN1CCCC(N)(CC2CCC2)C1. The van der Waals surface area contributed by atoms with Gasteiger partial charge in [-0.3, -0.25) is 0 Å². The number of nitrogens with zero attached hydrogens (tertiary/aromatic N) is 1. The second kappa shape index (κ2) is 3.58. The summed E-state index contributed by atoms with van der Waals surface area (Å²) in [6.45, 7) is 2.35. The molecule has 1 heterocycles. The maximum absolute atomic E-state index is 6.42. The number of likely N-dealkylation sites (N-methyl/N-ethyl adjacent to an activating group) is 1. The number of rotatable bonds is 2. The lowest BCUT2D eigenvalue weighted by atomic mass is 9.73. The van der Waals surface area contributed by atoms with Crippen LogP contribution in [0.5, 0.6) is 0 Å². The maximum Gasteiger partial charge on any atom is 0.0286 e. The van der Waals surface area contributed by atoms with Crippen LogP contribution in [0.4, 0.5) is 0 Å². The first-order valence-corrected chi connectivity index (χ1v) is 5.65. The van der Waals surface area contributed by atoms with Crippen molar-refractivity contribution in [2.45, 2.75) is 44.1 Å². The highest BCUT2D eigenvalue weighted by Crippen LogP contribution is 2.35. The van der Waals surface area contributed by atoms with E-state index in [0.717, 1.165) is 12.5 Å². The summed E-state index contributed by atoms with van der Waals surface area (Å²) < 4.78 is 0. The van der Waals surface area contributed by atoms with Crippen molar-refractivity contribution in [3.8, 4) is 0 Å². The molecule has 2 fully saturated rings. The Balaban J connectivity index is 1.85. The molecule has 1 saturated heterocycles. The molecule has 1 atom stereocenters. The fraction of sp³-hybridized carbons (Fsp3) is 1.00. The minimum absolute atomic E-state index is 0.151. The van der Waals surface area contributed by atoms with Gasteiger partial charge < -0.3 is 10.6 Å². The largest absolute Gasteiger partial charge is 0.324 e. The van der Waals surface area contributed by atoms with Crippen LogP contribution in [0.2, 0.25) is 0 Å². The fourth-order valence-electron chi connectivity index (χ4n) is 2.84. The van der Waals surface area contributed by atoms with Crippen LogP contribution in [-0.2, 0) is 0 Å². The van der Waals surface area contributed by atoms with Crippen molar-refractivity contribution >= 4 is 0 Å². The van der Waals surface area contributed by atoms with Crippen LogP contribution in [0.25, 0.3) is 0 Å². The van der Waals surface area contributed by atoms with E-state index in [1.165, 1.54) is 45.1 Å². The van der Waals surface area contributed by atoms with Crippen molar-refractivity contribution in [1.82, 2.24) is 4.90 Å². The molecule has 76 valence electrons. The first kappa shape index (κ1) is 9.47. The molecule has 13 heavy (non-hydrogen) atoms. The van der Waals surface area contributed by atoms with E-state index in [2.05, 4.69) is 11.9 Å².